The third-order valence-electron chi connectivity index (χ3n) is 2.11. The van der Waals surface area contributed by atoms with E-state index in [0.29, 0.717) is 9.23 Å². The lowest BCUT2D eigenvalue weighted by atomic mass is 10.3. The zero-order valence-corrected chi connectivity index (χ0v) is 11.8. The highest BCUT2D eigenvalue weighted by molar-refractivity contribution is 8.02. The van der Waals surface area contributed by atoms with Gasteiger partial charge in [0.1, 0.15) is 4.21 Å². The van der Waals surface area contributed by atoms with Gasteiger partial charge >= 0.3 is 4.87 Å². The molecule has 0 bridgehead atoms. The lowest BCUT2D eigenvalue weighted by Gasteiger charge is -1.91. The number of nitrogens with zero attached hydrogens (tertiary/aromatic N) is 1. The van der Waals surface area contributed by atoms with Crippen LogP contribution in [0.2, 0.25) is 5.02 Å². The SMILES string of the molecule is O=c1[nH]c(O)c(Sc2nc3cc(Cl)ccc3s2)s1. The standard InChI is InChI=1S/C10H5ClN2O2S3/c11-4-1-2-6-5(3-4)12-10(16-6)18-8-7(14)13-9(15)17-8/h1-3,14H,(H,13,15). The van der Waals surface area contributed by atoms with Gasteiger partial charge in [0.25, 0.3) is 0 Å². The number of thiazole rings is 2. The van der Waals surface area contributed by atoms with Crippen LogP contribution in [0, 0.1) is 0 Å². The maximum absolute atomic E-state index is 11.1. The molecule has 0 aliphatic carbocycles. The highest BCUT2D eigenvalue weighted by Gasteiger charge is 2.12. The number of aromatic nitrogens is 2. The van der Waals surface area contributed by atoms with E-state index in [2.05, 4.69) is 9.97 Å². The average Bonchev–Trinajstić information content (AvgIpc) is 2.82. The molecule has 0 amide bonds. The number of aromatic amines is 1. The second-order valence-corrected chi connectivity index (χ2v) is 7.31. The second kappa shape index (κ2) is 4.58. The smallest absolute Gasteiger partial charge is 0.308 e. The Balaban J connectivity index is 2.00. The van der Waals surface area contributed by atoms with Gasteiger partial charge in [-0.3, -0.25) is 9.78 Å². The molecule has 0 aliphatic heterocycles. The summed E-state index contributed by atoms with van der Waals surface area (Å²) in [7, 11) is 0. The Morgan fingerprint density at radius 3 is 2.94 bits per heavy atom. The van der Waals surface area contributed by atoms with E-state index in [-0.39, 0.29) is 10.8 Å². The van der Waals surface area contributed by atoms with E-state index in [1.165, 1.54) is 23.1 Å². The number of rotatable bonds is 2. The topological polar surface area (TPSA) is 66.0 Å². The molecule has 2 aromatic heterocycles. The molecule has 2 heterocycles. The maximum atomic E-state index is 11.1. The van der Waals surface area contributed by atoms with Crippen LogP contribution in [0.1, 0.15) is 0 Å². The van der Waals surface area contributed by atoms with Crippen molar-refractivity contribution in [3.05, 3.63) is 32.9 Å². The Hall–Kier alpha value is -1.02. The summed E-state index contributed by atoms with van der Waals surface area (Å²) in [6, 6.07) is 5.50. The predicted molar refractivity (Wildman–Crippen MR) is 75.4 cm³/mol. The molecule has 18 heavy (non-hydrogen) atoms. The number of benzene rings is 1. The molecular weight excluding hydrogens is 312 g/mol. The summed E-state index contributed by atoms with van der Waals surface area (Å²) in [6.07, 6.45) is 0. The van der Waals surface area contributed by atoms with Crippen LogP contribution >= 0.6 is 46.0 Å². The number of aromatic hydroxyl groups is 1. The summed E-state index contributed by atoms with van der Waals surface area (Å²) in [5.41, 5.74) is 0.817. The zero-order chi connectivity index (χ0) is 12.7. The lowest BCUT2D eigenvalue weighted by molar-refractivity contribution is 0.445. The summed E-state index contributed by atoms with van der Waals surface area (Å²) >= 11 is 9.61. The van der Waals surface area contributed by atoms with Crippen LogP contribution in [0.25, 0.3) is 10.2 Å². The number of nitrogens with one attached hydrogen (secondary N) is 1. The van der Waals surface area contributed by atoms with Gasteiger partial charge in [-0.2, -0.15) is 0 Å². The Morgan fingerprint density at radius 1 is 1.39 bits per heavy atom. The van der Waals surface area contributed by atoms with Crippen molar-refractivity contribution < 1.29 is 5.11 Å². The second-order valence-electron chi connectivity index (χ2n) is 3.34. The quantitative estimate of drug-likeness (QED) is 0.758. The molecule has 0 unspecified atom stereocenters. The molecule has 3 rings (SSSR count). The zero-order valence-electron chi connectivity index (χ0n) is 8.64. The fourth-order valence-corrected chi connectivity index (χ4v) is 4.61. The van der Waals surface area contributed by atoms with Gasteiger partial charge in [0.05, 0.1) is 10.2 Å². The number of hydrogen-bond donors (Lipinski definition) is 2. The number of hydrogen-bond acceptors (Lipinski definition) is 6. The highest BCUT2D eigenvalue weighted by atomic mass is 35.5. The van der Waals surface area contributed by atoms with Crippen LogP contribution in [-0.4, -0.2) is 15.1 Å². The minimum Gasteiger partial charge on any atom is -0.493 e. The minimum absolute atomic E-state index is 0.104. The molecule has 0 saturated carbocycles. The average molecular weight is 317 g/mol. The first-order valence-electron chi connectivity index (χ1n) is 4.78. The van der Waals surface area contributed by atoms with E-state index >= 15 is 0 Å². The van der Waals surface area contributed by atoms with Crippen LogP contribution < -0.4 is 4.87 Å². The van der Waals surface area contributed by atoms with Crippen LogP contribution in [0.3, 0.4) is 0 Å². The number of halogens is 1. The van der Waals surface area contributed by atoms with Gasteiger partial charge in [-0.1, -0.05) is 22.9 Å². The molecule has 0 spiro atoms. The van der Waals surface area contributed by atoms with Crippen LogP contribution in [0.15, 0.2) is 31.5 Å². The maximum Gasteiger partial charge on any atom is 0.308 e. The number of H-pyrrole nitrogens is 1. The molecule has 0 saturated heterocycles. The third kappa shape index (κ3) is 2.26. The van der Waals surface area contributed by atoms with Gasteiger partial charge in [0.15, 0.2) is 4.34 Å². The largest absolute Gasteiger partial charge is 0.493 e. The summed E-state index contributed by atoms with van der Waals surface area (Å²) in [6.45, 7) is 0. The van der Waals surface area contributed by atoms with Crippen molar-refractivity contribution in [2.45, 2.75) is 8.55 Å². The van der Waals surface area contributed by atoms with Crippen molar-refractivity contribution >= 4 is 56.3 Å². The van der Waals surface area contributed by atoms with Crippen molar-refractivity contribution in [2.75, 3.05) is 0 Å². The Labute approximate surface area is 118 Å². The predicted octanol–water partition coefficient (Wildman–Crippen LogP) is 3.56. The Morgan fingerprint density at radius 2 is 2.22 bits per heavy atom. The van der Waals surface area contributed by atoms with Crippen molar-refractivity contribution in [1.82, 2.24) is 9.97 Å². The molecule has 0 atom stereocenters. The molecule has 8 heteroatoms. The van der Waals surface area contributed by atoms with E-state index in [1.54, 1.807) is 6.07 Å². The molecule has 1 aromatic carbocycles. The van der Waals surface area contributed by atoms with Gasteiger partial charge in [0.2, 0.25) is 5.88 Å². The molecule has 0 radical (unpaired) electrons. The fraction of sp³-hybridized carbons (Fsp3) is 0. The summed E-state index contributed by atoms with van der Waals surface area (Å²) in [5, 5.41) is 10.1. The lowest BCUT2D eigenvalue weighted by Crippen LogP contribution is -1.89. The minimum atomic E-state index is -0.279. The fourth-order valence-electron chi connectivity index (χ4n) is 1.38. The van der Waals surface area contributed by atoms with E-state index in [0.717, 1.165) is 25.9 Å². The first kappa shape index (κ1) is 12.0. The van der Waals surface area contributed by atoms with E-state index in [9.17, 15) is 9.90 Å². The molecular formula is C10H5ClN2O2S3. The van der Waals surface area contributed by atoms with Crippen molar-refractivity contribution in [3.63, 3.8) is 0 Å². The van der Waals surface area contributed by atoms with Crippen molar-refractivity contribution in [3.8, 4) is 5.88 Å². The molecule has 0 fully saturated rings. The normalized spacial score (nSPS) is 11.2. The van der Waals surface area contributed by atoms with E-state index < -0.39 is 0 Å². The van der Waals surface area contributed by atoms with Gasteiger partial charge in [-0.25, -0.2) is 4.98 Å². The third-order valence-corrected chi connectivity index (χ3v) is 5.49. The van der Waals surface area contributed by atoms with Gasteiger partial charge < -0.3 is 5.11 Å². The molecule has 3 aromatic rings. The van der Waals surface area contributed by atoms with Gasteiger partial charge in [-0.15, -0.1) is 11.3 Å². The highest BCUT2D eigenvalue weighted by Crippen LogP contribution is 2.39. The van der Waals surface area contributed by atoms with Crippen LogP contribution in [0.5, 0.6) is 5.88 Å². The number of fused-ring (bicyclic) bond motifs is 1. The molecule has 4 nitrogen and oxygen atoms in total. The molecule has 92 valence electrons. The first-order valence-corrected chi connectivity index (χ1v) is 7.60. The van der Waals surface area contributed by atoms with Crippen LogP contribution in [0.4, 0.5) is 0 Å². The first-order chi connectivity index (χ1) is 8.61. The van der Waals surface area contributed by atoms with Gasteiger partial charge in [-0.05, 0) is 30.0 Å². The Kier molecular flexibility index (Phi) is 3.06. The van der Waals surface area contributed by atoms with Gasteiger partial charge in [0, 0.05) is 5.02 Å². The van der Waals surface area contributed by atoms with Crippen molar-refractivity contribution in [1.29, 1.82) is 0 Å². The molecule has 0 aliphatic rings. The summed E-state index contributed by atoms with van der Waals surface area (Å²) in [4.78, 5) is 17.5. The Bertz CT molecular complexity index is 777. The molecule has 2 N–H and O–H groups in total. The van der Waals surface area contributed by atoms with E-state index in [4.69, 9.17) is 11.6 Å². The summed E-state index contributed by atoms with van der Waals surface area (Å²) < 4.78 is 2.30. The monoisotopic (exact) mass is 316 g/mol. The summed E-state index contributed by atoms with van der Waals surface area (Å²) in [5.74, 6) is -0.104. The van der Waals surface area contributed by atoms with E-state index in [1.807, 2.05) is 12.1 Å². The van der Waals surface area contributed by atoms with Crippen molar-refractivity contribution in [2.24, 2.45) is 0 Å². The van der Waals surface area contributed by atoms with Crippen LogP contribution in [-0.2, 0) is 0 Å².